The molecule has 1 aromatic heterocycles. The van der Waals surface area contributed by atoms with E-state index in [1.807, 2.05) is 66.1 Å². The molecule has 4 aromatic rings. The fourth-order valence-corrected chi connectivity index (χ4v) is 4.75. The summed E-state index contributed by atoms with van der Waals surface area (Å²) in [7, 11) is 1.62. The van der Waals surface area contributed by atoms with Crippen LogP contribution in [-0.2, 0) is 9.53 Å². The zero-order valence-corrected chi connectivity index (χ0v) is 19.0. The van der Waals surface area contributed by atoms with E-state index in [9.17, 15) is 10.1 Å². The maximum absolute atomic E-state index is 12.5. The van der Waals surface area contributed by atoms with E-state index < -0.39 is 0 Å². The fraction of sp³-hybridized carbons (Fsp3) is 0.240. The van der Waals surface area contributed by atoms with E-state index >= 15 is 0 Å². The number of esters is 1. The van der Waals surface area contributed by atoms with Gasteiger partial charge in [-0.1, -0.05) is 43.0 Å². The average molecular weight is 446 g/mol. The smallest absolute Gasteiger partial charge is 0.319 e. The van der Waals surface area contributed by atoms with Crippen molar-refractivity contribution in [2.45, 2.75) is 30.7 Å². The Hall–Kier alpha value is -3.50. The number of nitriles is 1. The minimum absolute atomic E-state index is 0.249. The van der Waals surface area contributed by atoms with Crippen LogP contribution in [0.25, 0.3) is 27.5 Å². The molecule has 0 aliphatic heterocycles. The minimum atomic E-state index is -0.378. The molecule has 7 heteroatoms. The van der Waals surface area contributed by atoms with Crippen molar-refractivity contribution in [2.24, 2.45) is 0 Å². The maximum Gasteiger partial charge on any atom is 0.319 e. The molecule has 0 fully saturated rings. The number of thioether (sulfide) groups is 1. The zero-order chi connectivity index (χ0) is 22.7. The Kier molecular flexibility index (Phi) is 6.33. The molecule has 0 bridgehead atoms. The summed E-state index contributed by atoms with van der Waals surface area (Å²) in [5.74, 6) is 0.460. The third kappa shape index (κ3) is 3.90. The lowest BCUT2D eigenvalue weighted by atomic mass is 10.0. The van der Waals surface area contributed by atoms with Crippen molar-refractivity contribution in [1.82, 2.24) is 9.55 Å². The van der Waals surface area contributed by atoms with E-state index in [1.54, 1.807) is 14.0 Å². The molecular formula is C25H23N3O3S. The Morgan fingerprint density at radius 1 is 1.16 bits per heavy atom. The summed E-state index contributed by atoms with van der Waals surface area (Å²) in [6, 6.07) is 19.6. The van der Waals surface area contributed by atoms with Gasteiger partial charge in [0.25, 0.3) is 0 Å². The van der Waals surface area contributed by atoms with E-state index in [4.69, 9.17) is 14.5 Å². The van der Waals surface area contributed by atoms with Crippen LogP contribution in [0.5, 0.6) is 5.75 Å². The van der Waals surface area contributed by atoms with Crippen LogP contribution in [-0.4, -0.2) is 34.5 Å². The zero-order valence-electron chi connectivity index (χ0n) is 18.2. The Bertz CT molecular complexity index is 1340. The van der Waals surface area contributed by atoms with Gasteiger partial charge in [-0.3, -0.25) is 9.36 Å². The molecule has 6 nitrogen and oxygen atoms in total. The standard InChI is InChI=1S/C25H23N3O3S/c1-4-23(24(29)31-5-2)32-25-27-20-14-17(30-3)11-13-22(20)28(25)21-12-10-16(15-26)18-8-6-7-9-19(18)21/h6-14,23H,4-5H2,1-3H3. The number of ether oxygens (including phenoxy) is 2. The third-order valence-corrected chi connectivity index (χ3v) is 6.56. The van der Waals surface area contributed by atoms with Crippen molar-refractivity contribution in [1.29, 1.82) is 5.26 Å². The predicted molar refractivity (Wildman–Crippen MR) is 126 cm³/mol. The van der Waals surface area contributed by atoms with E-state index in [0.717, 1.165) is 27.5 Å². The summed E-state index contributed by atoms with van der Waals surface area (Å²) in [4.78, 5) is 17.4. The van der Waals surface area contributed by atoms with Crippen LogP contribution in [0, 0.1) is 11.3 Å². The van der Waals surface area contributed by atoms with Gasteiger partial charge in [-0.05, 0) is 37.6 Å². The van der Waals surface area contributed by atoms with Crippen LogP contribution in [0.3, 0.4) is 0 Å². The van der Waals surface area contributed by atoms with Crippen LogP contribution in [0.15, 0.2) is 59.8 Å². The molecule has 0 N–H and O–H groups in total. The van der Waals surface area contributed by atoms with E-state index in [-0.39, 0.29) is 11.2 Å². The average Bonchev–Trinajstić information content (AvgIpc) is 3.18. The van der Waals surface area contributed by atoms with Gasteiger partial charge in [-0.15, -0.1) is 0 Å². The fourth-order valence-electron chi connectivity index (χ4n) is 3.71. The second-order valence-corrected chi connectivity index (χ2v) is 8.31. The SMILES string of the molecule is CCOC(=O)C(CC)Sc1nc2cc(OC)ccc2n1-c1ccc(C#N)c2ccccc12. The number of nitrogens with zero attached hydrogens (tertiary/aromatic N) is 3. The quantitative estimate of drug-likeness (QED) is 0.276. The highest BCUT2D eigenvalue weighted by atomic mass is 32.2. The lowest BCUT2D eigenvalue weighted by molar-refractivity contribution is -0.142. The number of carbonyl (C=O) groups is 1. The normalized spacial score (nSPS) is 11.9. The van der Waals surface area contributed by atoms with E-state index in [1.165, 1.54) is 11.8 Å². The molecule has 0 spiro atoms. The lowest BCUT2D eigenvalue weighted by Gasteiger charge is -2.16. The monoisotopic (exact) mass is 445 g/mol. The number of aromatic nitrogens is 2. The van der Waals surface area contributed by atoms with Crippen molar-refractivity contribution in [3.63, 3.8) is 0 Å². The largest absolute Gasteiger partial charge is 0.497 e. The van der Waals surface area contributed by atoms with Crippen molar-refractivity contribution in [2.75, 3.05) is 13.7 Å². The number of carbonyl (C=O) groups excluding carboxylic acids is 1. The Morgan fingerprint density at radius 3 is 2.62 bits per heavy atom. The number of benzene rings is 3. The maximum atomic E-state index is 12.5. The second-order valence-electron chi connectivity index (χ2n) is 7.14. The van der Waals surface area contributed by atoms with Gasteiger partial charge in [0, 0.05) is 16.8 Å². The van der Waals surface area contributed by atoms with Crippen molar-refractivity contribution in [3.8, 4) is 17.5 Å². The number of fused-ring (bicyclic) bond motifs is 2. The number of hydrogen-bond donors (Lipinski definition) is 0. The third-order valence-electron chi connectivity index (χ3n) is 5.26. The van der Waals surface area contributed by atoms with Gasteiger partial charge in [0.1, 0.15) is 11.0 Å². The highest BCUT2D eigenvalue weighted by Crippen LogP contribution is 2.36. The summed E-state index contributed by atoms with van der Waals surface area (Å²) >= 11 is 1.39. The first-order valence-electron chi connectivity index (χ1n) is 10.4. The first-order chi connectivity index (χ1) is 15.6. The Labute approximate surface area is 190 Å². The molecule has 162 valence electrons. The van der Waals surface area contributed by atoms with Gasteiger partial charge in [0.2, 0.25) is 0 Å². The molecule has 0 saturated carbocycles. The Morgan fingerprint density at radius 2 is 1.94 bits per heavy atom. The van der Waals surface area contributed by atoms with Gasteiger partial charge in [0.05, 0.1) is 42.1 Å². The van der Waals surface area contributed by atoms with Gasteiger partial charge in [-0.25, -0.2) is 4.98 Å². The van der Waals surface area contributed by atoms with Crippen LogP contribution < -0.4 is 4.74 Å². The van der Waals surface area contributed by atoms with Crippen LogP contribution in [0.4, 0.5) is 0 Å². The molecule has 1 atom stereocenters. The van der Waals surface area contributed by atoms with Gasteiger partial charge in [0.15, 0.2) is 5.16 Å². The first-order valence-corrected chi connectivity index (χ1v) is 11.3. The molecule has 0 radical (unpaired) electrons. The van der Waals surface area contributed by atoms with Crippen LogP contribution in [0.1, 0.15) is 25.8 Å². The van der Waals surface area contributed by atoms with Crippen molar-refractivity contribution < 1.29 is 14.3 Å². The second kappa shape index (κ2) is 9.33. The first kappa shape index (κ1) is 21.7. The molecule has 0 amide bonds. The van der Waals surface area contributed by atoms with Gasteiger partial charge < -0.3 is 9.47 Å². The van der Waals surface area contributed by atoms with Gasteiger partial charge >= 0.3 is 5.97 Å². The molecular weight excluding hydrogens is 422 g/mol. The predicted octanol–water partition coefficient (Wildman–Crippen LogP) is 5.49. The molecule has 1 unspecified atom stereocenters. The van der Waals surface area contributed by atoms with Crippen LogP contribution in [0.2, 0.25) is 0 Å². The molecule has 1 heterocycles. The van der Waals surface area contributed by atoms with Crippen LogP contribution >= 0.6 is 11.8 Å². The summed E-state index contributed by atoms with van der Waals surface area (Å²) in [6.45, 7) is 4.10. The highest BCUT2D eigenvalue weighted by Gasteiger charge is 2.24. The number of imidazole rings is 1. The summed E-state index contributed by atoms with van der Waals surface area (Å²) in [5.41, 5.74) is 3.16. The van der Waals surface area contributed by atoms with Crippen molar-refractivity contribution in [3.05, 3.63) is 60.2 Å². The van der Waals surface area contributed by atoms with E-state index in [0.29, 0.717) is 29.5 Å². The molecule has 0 saturated heterocycles. The number of methoxy groups -OCH3 is 1. The van der Waals surface area contributed by atoms with E-state index in [2.05, 4.69) is 6.07 Å². The highest BCUT2D eigenvalue weighted by molar-refractivity contribution is 8.00. The summed E-state index contributed by atoms with van der Waals surface area (Å²) in [5, 5.41) is 11.7. The topological polar surface area (TPSA) is 77.1 Å². The van der Waals surface area contributed by atoms with Crippen molar-refractivity contribution >= 4 is 39.5 Å². The molecule has 4 rings (SSSR count). The lowest BCUT2D eigenvalue weighted by Crippen LogP contribution is -2.20. The Balaban J connectivity index is 1.96. The molecule has 32 heavy (non-hydrogen) atoms. The summed E-state index contributed by atoms with van der Waals surface area (Å²) < 4.78 is 12.7. The molecule has 3 aromatic carbocycles. The minimum Gasteiger partial charge on any atom is -0.497 e. The number of rotatable bonds is 7. The number of hydrogen-bond acceptors (Lipinski definition) is 6. The molecule has 0 aliphatic rings. The van der Waals surface area contributed by atoms with Gasteiger partial charge in [-0.2, -0.15) is 5.26 Å². The summed E-state index contributed by atoms with van der Waals surface area (Å²) in [6.07, 6.45) is 0.615. The molecule has 0 aliphatic carbocycles.